The fraction of sp³-hybridized carbons (Fsp3) is 0.364. The maximum atomic E-state index is 13.7. The first-order valence-corrected chi connectivity index (χ1v) is 6.21. The Kier molecular flexibility index (Phi) is 3.98. The summed E-state index contributed by atoms with van der Waals surface area (Å²) < 4.78 is 17.7. The zero-order chi connectivity index (χ0) is 12.1. The molecule has 1 N–H and O–H groups in total. The molecular formula is C11H13FN4S. The Morgan fingerprint density at radius 2 is 2.29 bits per heavy atom. The third kappa shape index (κ3) is 2.97. The van der Waals surface area contributed by atoms with E-state index in [0.29, 0.717) is 18.7 Å². The summed E-state index contributed by atoms with van der Waals surface area (Å²) in [7, 11) is 0. The molecule has 2 rings (SSSR count). The maximum Gasteiger partial charge on any atom is 0.186 e. The molecule has 0 aliphatic carbocycles. The van der Waals surface area contributed by atoms with E-state index in [1.165, 1.54) is 22.7 Å². The lowest BCUT2D eigenvalue weighted by molar-refractivity contribution is 0.596. The first-order chi connectivity index (χ1) is 8.31. The fourth-order valence-corrected chi connectivity index (χ4v) is 2.02. The van der Waals surface area contributed by atoms with Crippen molar-refractivity contribution in [1.82, 2.24) is 14.3 Å². The monoisotopic (exact) mass is 252 g/mol. The molecule has 90 valence electrons. The van der Waals surface area contributed by atoms with Gasteiger partial charge >= 0.3 is 0 Å². The van der Waals surface area contributed by atoms with Crippen molar-refractivity contribution in [3.8, 4) is 0 Å². The van der Waals surface area contributed by atoms with Crippen LogP contribution in [0.25, 0.3) is 0 Å². The zero-order valence-electron chi connectivity index (χ0n) is 9.48. The number of hydrogen-bond donors (Lipinski definition) is 1. The SMILES string of the molecule is CCc1ncnc(NCCc2ccns2)c1F. The second-order valence-electron chi connectivity index (χ2n) is 3.49. The molecule has 0 aliphatic heterocycles. The standard InChI is InChI=1S/C11H13FN4S/c1-2-9-10(12)11(15-7-14-9)13-5-3-8-4-6-16-17-8/h4,6-7H,2-3,5H2,1H3,(H,13,14,15). The third-order valence-electron chi connectivity index (χ3n) is 2.35. The lowest BCUT2D eigenvalue weighted by Gasteiger charge is -2.07. The van der Waals surface area contributed by atoms with E-state index < -0.39 is 0 Å². The Balaban J connectivity index is 1.95. The molecule has 4 nitrogen and oxygen atoms in total. The maximum absolute atomic E-state index is 13.7. The van der Waals surface area contributed by atoms with Gasteiger partial charge in [0.25, 0.3) is 0 Å². The van der Waals surface area contributed by atoms with Crippen molar-refractivity contribution in [2.45, 2.75) is 19.8 Å². The minimum atomic E-state index is -0.348. The van der Waals surface area contributed by atoms with Gasteiger partial charge in [0, 0.05) is 24.0 Å². The van der Waals surface area contributed by atoms with Crippen molar-refractivity contribution in [1.29, 1.82) is 0 Å². The van der Waals surface area contributed by atoms with Crippen LogP contribution in [-0.4, -0.2) is 20.9 Å². The van der Waals surface area contributed by atoms with Gasteiger partial charge in [-0.05, 0) is 24.0 Å². The Labute approximate surface area is 103 Å². The lowest BCUT2D eigenvalue weighted by atomic mass is 10.3. The van der Waals surface area contributed by atoms with Gasteiger partial charge in [0.15, 0.2) is 11.6 Å². The summed E-state index contributed by atoms with van der Waals surface area (Å²) >= 11 is 1.45. The van der Waals surface area contributed by atoms with E-state index in [-0.39, 0.29) is 11.6 Å². The molecular weight excluding hydrogens is 239 g/mol. The fourth-order valence-electron chi connectivity index (χ4n) is 1.45. The van der Waals surface area contributed by atoms with Gasteiger partial charge in [-0.1, -0.05) is 6.92 Å². The molecule has 0 unspecified atom stereocenters. The van der Waals surface area contributed by atoms with Gasteiger partial charge in [-0.15, -0.1) is 0 Å². The topological polar surface area (TPSA) is 50.7 Å². The number of aromatic nitrogens is 3. The second-order valence-corrected chi connectivity index (χ2v) is 4.41. The lowest BCUT2D eigenvalue weighted by Crippen LogP contribution is -2.09. The van der Waals surface area contributed by atoms with Gasteiger partial charge in [0.2, 0.25) is 0 Å². The summed E-state index contributed by atoms with van der Waals surface area (Å²) in [5.41, 5.74) is 0.445. The average molecular weight is 252 g/mol. The van der Waals surface area contributed by atoms with Gasteiger partial charge in [-0.3, -0.25) is 0 Å². The number of rotatable bonds is 5. The Hall–Kier alpha value is -1.56. The molecule has 0 aromatic carbocycles. The van der Waals surface area contributed by atoms with Crippen LogP contribution in [0.4, 0.5) is 10.2 Å². The molecule has 0 saturated carbocycles. The normalized spacial score (nSPS) is 10.5. The highest BCUT2D eigenvalue weighted by Crippen LogP contribution is 2.13. The van der Waals surface area contributed by atoms with E-state index in [4.69, 9.17) is 0 Å². The number of anilines is 1. The molecule has 0 fully saturated rings. The van der Waals surface area contributed by atoms with Gasteiger partial charge in [-0.25, -0.2) is 18.7 Å². The number of hydrogen-bond acceptors (Lipinski definition) is 5. The van der Waals surface area contributed by atoms with Crippen molar-refractivity contribution >= 4 is 17.4 Å². The molecule has 2 aromatic heterocycles. The molecule has 0 amide bonds. The van der Waals surface area contributed by atoms with Crippen LogP contribution in [0.2, 0.25) is 0 Å². The second kappa shape index (κ2) is 5.67. The summed E-state index contributed by atoms with van der Waals surface area (Å²) in [5, 5.41) is 2.98. The van der Waals surface area contributed by atoms with Gasteiger partial charge in [0.1, 0.15) is 6.33 Å². The highest BCUT2D eigenvalue weighted by atomic mass is 32.1. The number of halogens is 1. The number of nitrogens with one attached hydrogen (secondary N) is 1. The summed E-state index contributed by atoms with van der Waals surface area (Å²) in [6.45, 7) is 2.51. The third-order valence-corrected chi connectivity index (χ3v) is 3.15. The smallest absolute Gasteiger partial charge is 0.186 e. The highest BCUT2D eigenvalue weighted by molar-refractivity contribution is 7.05. The zero-order valence-corrected chi connectivity index (χ0v) is 10.3. The van der Waals surface area contributed by atoms with Crippen LogP contribution < -0.4 is 5.32 Å². The van der Waals surface area contributed by atoms with E-state index in [1.807, 2.05) is 13.0 Å². The predicted molar refractivity (Wildman–Crippen MR) is 65.7 cm³/mol. The molecule has 2 heterocycles. The minimum Gasteiger partial charge on any atom is -0.367 e. The minimum absolute atomic E-state index is 0.279. The quantitative estimate of drug-likeness (QED) is 0.887. The molecule has 6 heteroatoms. The molecule has 0 spiro atoms. The van der Waals surface area contributed by atoms with Crippen LogP contribution in [0.15, 0.2) is 18.6 Å². The predicted octanol–water partition coefficient (Wildman–Crippen LogP) is 2.29. The van der Waals surface area contributed by atoms with Crippen LogP contribution in [-0.2, 0) is 12.8 Å². The number of aryl methyl sites for hydroxylation is 1. The molecule has 0 saturated heterocycles. The van der Waals surface area contributed by atoms with Crippen molar-refractivity contribution in [3.05, 3.63) is 35.0 Å². The van der Waals surface area contributed by atoms with Gasteiger partial charge in [0.05, 0.1) is 5.69 Å². The van der Waals surface area contributed by atoms with Crippen molar-refractivity contribution in [2.75, 3.05) is 11.9 Å². The largest absolute Gasteiger partial charge is 0.367 e. The van der Waals surface area contributed by atoms with E-state index >= 15 is 0 Å². The molecule has 0 radical (unpaired) electrons. The molecule has 0 bridgehead atoms. The number of nitrogens with zero attached hydrogens (tertiary/aromatic N) is 3. The summed E-state index contributed by atoms with van der Waals surface area (Å²) in [6, 6.07) is 1.96. The first kappa shape index (κ1) is 11.9. The molecule has 2 aromatic rings. The summed E-state index contributed by atoms with van der Waals surface area (Å²) in [4.78, 5) is 8.95. The van der Waals surface area contributed by atoms with Crippen molar-refractivity contribution in [2.24, 2.45) is 0 Å². The Morgan fingerprint density at radius 3 is 3.00 bits per heavy atom. The van der Waals surface area contributed by atoms with Crippen LogP contribution in [0.3, 0.4) is 0 Å². The first-order valence-electron chi connectivity index (χ1n) is 5.44. The van der Waals surface area contributed by atoms with E-state index in [1.54, 1.807) is 6.20 Å². The Bertz CT molecular complexity index is 472. The van der Waals surface area contributed by atoms with Crippen LogP contribution in [0, 0.1) is 5.82 Å². The summed E-state index contributed by atoms with van der Waals surface area (Å²) in [6.07, 6.45) is 4.53. The van der Waals surface area contributed by atoms with E-state index in [2.05, 4.69) is 19.7 Å². The van der Waals surface area contributed by atoms with Gasteiger partial charge in [-0.2, -0.15) is 0 Å². The molecule has 17 heavy (non-hydrogen) atoms. The molecule has 0 aliphatic rings. The van der Waals surface area contributed by atoms with Crippen molar-refractivity contribution < 1.29 is 4.39 Å². The van der Waals surface area contributed by atoms with E-state index in [0.717, 1.165) is 6.42 Å². The highest BCUT2D eigenvalue weighted by Gasteiger charge is 2.08. The molecule has 0 atom stereocenters. The Morgan fingerprint density at radius 1 is 1.41 bits per heavy atom. The van der Waals surface area contributed by atoms with Crippen LogP contribution in [0.1, 0.15) is 17.5 Å². The summed E-state index contributed by atoms with van der Waals surface area (Å²) in [5.74, 6) is -0.0688. The van der Waals surface area contributed by atoms with Crippen LogP contribution >= 0.6 is 11.5 Å². The van der Waals surface area contributed by atoms with Crippen molar-refractivity contribution in [3.63, 3.8) is 0 Å². The van der Waals surface area contributed by atoms with E-state index in [9.17, 15) is 4.39 Å². The average Bonchev–Trinajstić information content (AvgIpc) is 2.84. The van der Waals surface area contributed by atoms with Crippen LogP contribution in [0.5, 0.6) is 0 Å². The van der Waals surface area contributed by atoms with Gasteiger partial charge < -0.3 is 5.32 Å².